The number of hydrogen-bond acceptors (Lipinski definition) is 5. The molecule has 1 aliphatic heterocycles. The second-order valence-electron chi connectivity index (χ2n) is 12.7. The average Bonchev–Trinajstić information content (AvgIpc) is 3.77. The lowest BCUT2D eigenvalue weighted by Gasteiger charge is -2.37. The molecule has 4 heterocycles. The first kappa shape index (κ1) is 30.3. The van der Waals surface area contributed by atoms with E-state index in [-0.39, 0.29) is 5.92 Å². The summed E-state index contributed by atoms with van der Waals surface area (Å²) in [5, 5.41) is 20.6. The number of benzene rings is 4. The van der Waals surface area contributed by atoms with Crippen LogP contribution in [0.15, 0.2) is 140 Å². The van der Waals surface area contributed by atoms with E-state index in [0.29, 0.717) is 25.9 Å². The molecule has 1 N–H and O–H groups in total. The van der Waals surface area contributed by atoms with Crippen molar-refractivity contribution >= 4 is 22.7 Å². The molecule has 0 aliphatic carbocycles. The molecule has 0 radical (unpaired) electrons. The van der Waals surface area contributed by atoms with Crippen LogP contribution in [0.4, 0.5) is 5.82 Å². The molecule has 242 valence electrons. The summed E-state index contributed by atoms with van der Waals surface area (Å²) in [5.41, 5.74) is 7.34. The van der Waals surface area contributed by atoms with Gasteiger partial charge >= 0.3 is 5.97 Å². The monoisotopic (exact) mass is 644 g/mol. The minimum absolute atomic E-state index is 0.313. The maximum atomic E-state index is 11.6. The number of carboxylic acids is 1. The number of aliphatic carboxylic acids is 1. The van der Waals surface area contributed by atoms with Crippen LogP contribution in [0.25, 0.3) is 33.3 Å². The van der Waals surface area contributed by atoms with Crippen molar-refractivity contribution in [2.24, 2.45) is 13.0 Å². The van der Waals surface area contributed by atoms with Gasteiger partial charge in [-0.2, -0.15) is 10.2 Å². The Morgan fingerprint density at radius 2 is 1.37 bits per heavy atom. The van der Waals surface area contributed by atoms with Crippen molar-refractivity contribution in [3.63, 3.8) is 0 Å². The van der Waals surface area contributed by atoms with E-state index in [1.54, 1.807) is 0 Å². The first-order valence-corrected chi connectivity index (χ1v) is 16.7. The maximum Gasteiger partial charge on any atom is 0.306 e. The number of fused-ring (bicyclic) bond motifs is 1. The molecule has 0 spiro atoms. The van der Waals surface area contributed by atoms with Crippen molar-refractivity contribution in [2.45, 2.75) is 18.4 Å². The Morgan fingerprint density at radius 1 is 0.755 bits per heavy atom. The van der Waals surface area contributed by atoms with Crippen LogP contribution in [-0.4, -0.2) is 48.7 Å². The third-order valence-corrected chi connectivity index (χ3v) is 9.80. The van der Waals surface area contributed by atoms with Crippen LogP contribution in [-0.2, 0) is 17.4 Å². The van der Waals surface area contributed by atoms with E-state index in [4.69, 9.17) is 10.1 Å². The van der Waals surface area contributed by atoms with Gasteiger partial charge in [0.25, 0.3) is 0 Å². The van der Waals surface area contributed by atoms with Crippen LogP contribution in [0.5, 0.6) is 0 Å². The van der Waals surface area contributed by atoms with Crippen molar-refractivity contribution in [2.75, 3.05) is 18.0 Å². The van der Waals surface area contributed by atoms with Crippen LogP contribution in [0.1, 0.15) is 29.5 Å². The predicted molar refractivity (Wildman–Crippen MR) is 192 cm³/mol. The number of carbonyl (C=O) groups is 1. The molecular formula is C41H36N6O2. The molecule has 1 saturated heterocycles. The van der Waals surface area contributed by atoms with Gasteiger partial charge in [-0.25, -0.2) is 9.67 Å². The van der Waals surface area contributed by atoms with E-state index in [1.807, 2.05) is 36.4 Å². The van der Waals surface area contributed by atoms with Gasteiger partial charge < -0.3 is 10.0 Å². The predicted octanol–water partition coefficient (Wildman–Crippen LogP) is 7.64. The quantitative estimate of drug-likeness (QED) is 0.171. The zero-order chi connectivity index (χ0) is 33.4. The molecule has 4 aromatic carbocycles. The lowest BCUT2D eigenvalue weighted by Crippen LogP contribution is -2.38. The van der Waals surface area contributed by atoms with Crippen LogP contribution >= 0.6 is 0 Å². The molecule has 8 nitrogen and oxygen atoms in total. The summed E-state index contributed by atoms with van der Waals surface area (Å²) < 4.78 is 4.01. The van der Waals surface area contributed by atoms with E-state index >= 15 is 0 Å². The summed E-state index contributed by atoms with van der Waals surface area (Å²) in [6.45, 7) is 1.29. The summed E-state index contributed by atoms with van der Waals surface area (Å²) in [7, 11) is 1.93. The molecule has 7 aromatic rings. The van der Waals surface area contributed by atoms with Gasteiger partial charge in [0, 0.05) is 49.0 Å². The Hall–Kier alpha value is -6.02. The Kier molecular flexibility index (Phi) is 7.76. The summed E-state index contributed by atoms with van der Waals surface area (Å²) in [4.78, 5) is 18.6. The fraction of sp³-hybridized carbons (Fsp3) is 0.171. The largest absolute Gasteiger partial charge is 0.481 e. The zero-order valence-corrected chi connectivity index (χ0v) is 27.2. The molecule has 1 fully saturated rings. The highest BCUT2D eigenvalue weighted by Crippen LogP contribution is 2.44. The molecular weight excluding hydrogens is 608 g/mol. The highest BCUT2D eigenvalue weighted by Gasteiger charge is 2.41. The van der Waals surface area contributed by atoms with Gasteiger partial charge in [0.1, 0.15) is 17.1 Å². The zero-order valence-electron chi connectivity index (χ0n) is 27.2. The van der Waals surface area contributed by atoms with Gasteiger partial charge in [0.2, 0.25) is 0 Å². The van der Waals surface area contributed by atoms with E-state index in [0.717, 1.165) is 55.8 Å². The number of aromatic nitrogens is 5. The summed E-state index contributed by atoms with van der Waals surface area (Å²) in [5.74, 6) is -0.207. The van der Waals surface area contributed by atoms with E-state index < -0.39 is 11.5 Å². The minimum Gasteiger partial charge on any atom is -0.481 e. The standard InChI is InChI=1S/C41H36N6O2/c1-45-28-32(27-43-45)30-17-18-37-36(25-30)39(31-19-22-42-38(26-31)46-23-20-29(21-24-46)40(48)49)44-47(37)41(33-11-5-2-6-12-33,34-13-7-3-8-14-34)35-15-9-4-10-16-35/h2-19,22,25-29H,20-21,23-24H2,1H3,(H,48,49). The van der Waals surface area contributed by atoms with Gasteiger partial charge in [-0.15, -0.1) is 0 Å². The Balaban J connectivity index is 1.39. The first-order chi connectivity index (χ1) is 24.0. The number of hydrogen-bond donors (Lipinski definition) is 1. The fourth-order valence-corrected chi connectivity index (χ4v) is 7.34. The molecule has 0 amide bonds. The number of nitrogens with zero attached hydrogens (tertiary/aromatic N) is 6. The van der Waals surface area contributed by atoms with Gasteiger partial charge in [0.15, 0.2) is 0 Å². The smallest absolute Gasteiger partial charge is 0.306 e. The first-order valence-electron chi connectivity index (χ1n) is 16.7. The molecule has 1 aliphatic rings. The van der Waals surface area contributed by atoms with Crippen LogP contribution in [0.3, 0.4) is 0 Å². The van der Waals surface area contributed by atoms with Gasteiger partial charge in [-0.05, 0) is 59.4 Å². The van der Waals surface area contributed by atoms with Gasteiger partial charge in [0.05, 0.1) is 17.6 Å². The number of anilines is 1. The molecule has 0 bridgehead atoms. The van der Waals surface area contributed by atoms with Crippen molar-refractivity contribution in [1.82, 2.24) is 24.5 Å². The molecule has 3 aromatic heterocycles. The Labute approximate surface area is 284 Å². The molecule has 8 rings (SSSR count). The Bertz CT molecular complexity index is 2140. The van der Waals surface area contributed by atoms with Crippen molar-refractivity contribution in [3.8, 4) is 22.4 Å². The third kappa shape index (κ3) is 5.35. The normalized spacial score (nSPS) is 13.9. The summed E-state index contributed by atoms with van der Waals surface area (Å²) >= 11 is 0. The molecule has 0 unspecified atom stereocenters. The Morgan fingerprint density at radius 3 is 1.92 bits per heavy atom. The van der Waals surface area contributed by atoms with Crippen molar-refractivity contribution < 1.29 is 9.90 Å². The highest BCUT2D eigenvalue weighted by molar-refractivity contribution is 5.97. The lowest BCUT2D eigenvalue weighted by molar-refractivity contribution is -0.142. The van der Waals surface area contributed by atoms with Gasteiger partial charge in [-0.1, -0.05) is 97.1 Å². The summed E-state index contributed by atoms with van der Waals surface area (Å²) in [6, 6.07) is 42.4. The maximum absolute atomic E-state index is 11.6. The molecule has 0 saturated carbocycles. The van der Waals surface area contributed by atoms with Crippen LogP contribution in [0.2, 0.25) is 0 Å². The number of carboxylic acid groups (broad SMARTS) is 1. The average molecular weight is 645 g/mol. The van der Waals surface area contributed by atoms with E-state index in [1.165, 1.54) is 0 Å². The second-order valence-corrected chi connectivity index (χ2v) is 12.7. The topological polar surface area (TPSA) is 89.1 Å². The van der Waals surface area contributed by atoms with Crippen LogP contribution in [0, 0.1) is 5.92 Å². The second kappa shape index (κ2) is 12.5. The third-order valence-electron chi connectivity index (χ3n) is 9.80. The van der Waals surface area contributed by atoms with Gasteiger partial charge in [-0.3, -0.25) is 9.48 Å². The van der Waals surface area contributed by atoms with E-state index in [9.17, 15) is 9.90 Å². The number of aryl methyl sites for hydroxylation is 1. The number of rotatable bonds is 8. The highest BCUT2D eigenvalue weighted by atomic mass is 16.4. The van der Waals surface area contributed by atoms with Crippen molar-refractivity contribution in [1.29, 1.82) is 0 Å². The van der Waals surface area contributed by atoms with E-state index in [2.05, 4.69) is 130 Å². The molecule has 49 heavy (non-hydrogen) atoms. The summed E-state index contributed by atoms with van der Waals surface area (Å²) in [6.07, 6.45) is 6.95. The van der Waals surface area contributed by atoms with Crippen LogP contribution < -0.4 is 4.90 Å². The lowest BCUT2D eigenvalue weighted by atomic mass is 9.77. The molecule has 0 atom stereocenters. The minimum atomic E-state index is -0.801. The number of pyridine rings is 1. The molecule has 8 heteroatoms. The van der Waals surface area contributed by atoms with Crippen molar-refractivity contribution in [3.05, 3.63) is 157 Å². The fourth-order valence-electron chi connectivity index (χ4n) is 7.34. The number of piperidine rings is 1. The SMILES string of the molecule is Cn1cc(-c2ccc3c(c2)c(-c2ccnc(N4CCC(C(=O)O)CC4)c2)nn3C(c2ccccc2)(c2ccccc2)c2ccccc2)cn1.